The van der Waals surface area contributed by atoms with E-state index in [1.54, 1.807) is 0 Å². The van der Waals surface area contributed by atoms with Crippen molar-refractivity contribution in [3.63, 3.8) is 0 Å². The molecule has 4 rings (SSSR count). The highest BCUT2D eigenvalue weighted by molar-refractivity contribution is 5.83. The molecule has 0 N–H and O–H groups in total. The van der Waals surface area contributed by atoms with Crippen molar-refractivity contribution in [2.75, 3.05) is 0 Å². The van der Waals surface area contributed by atoms with Gasteiger partial charge in [0.25, 0.3) is 0 Å². The summed E-state index contributed by atoms with van der Waals surface area (Å²) in [7, 11) is 0. The first-order valence-electron chi connectivity index (χ1n) is 9.07. The van der Waals surface area contributed by atoms with Gasteiger partial charge in [0.2, 0.25) is 0 Å². The molecule has 1 nitrogen and oxygen atoms in total. The SMILES string of the molecule is C[C@@]12CCC[C@H]1[C@@H]1C(=O)CC3CCCC[C@]3(C)[C@H]1CC2. The molecule has 0 aromatic carbocycles. The molecule has 0 amide bonds. The Balaban J connectivity index is 1.71. The lowest BCUT2D eigenvalue weighted by Crippen LogP contribution is -2.55. The summed E-state index contributed by atoms with van der Waals surface area (Å²) >= 11 is 0. The van der Waals surface area contributed by atoms with Crippen LogP contribution in [-0.4, -0.2) is 5.78 Å². The number of Topliss-reactive ketones (excluding diaryl/α,β-unsaturated/α-hetero) is 1. The molecule has 4 aliphatic carbocycles. The highest BCUT2D eigenvalue weighted by atomic mass is 16.1. The topological polar surface area (TPSA) is 17.1 Å². The molecule has 0 heterocycles. The van der Waals surface area contributed by atoms with Crippen molar-refractivity contribution in [1.29, 1.82) is 0 Å². The average molecular weight is 274 g/mol. The monoisotopic (exact) mass is 274 g/mol. The van der Waals surface area contributed by atoms with E-state index in [0.29, 0.717) is 22.5 Å². The number of carbonyl (C=O) groups is 1. The fourth-order valence-corrected chi connectivity index (χ4v) is 6.95. The van der Waals surface area contributed by atoms with Gasteiger partial charge in [0.1, 0.15) is 5.78 Å². The highest BCUT2D eigenvalue weighted by Gasteiger charge is 2.59. The third-order valence-corrected chi connectivity index (χ3v) is 8.17. The van der Waals surface area contributed by atoms with Crippen molar-refractivity contribution < 1.29 is 4.79 Å². The third kappa shape index (κ3) is 1.64. The van der Waals surface area contributed by atoms with E-state index < -0.39 is 0 Å². The van der Waals surface area contributed by atoms with Crippen LogP contribution < -0.4 is 0 Å². The summed E-state index contributed by atoms with van der Waals surface area (Å²) < 4.78 is 0. The Labute approximate surface area is 123 Å². The second-order valence-electron chi connectivity index (χ2n) is 8.94. The van der Waals surface area contributed by atoms with Crippen LogP contribution in [0.5, 0.6) is 0 Å². The third-order valence-electron chi connectivity index (χ3n) is 8.17. The van der Waals surface area contributed by atoms with Gasteiger partial charge in [-0.2, -0.15) is 0 Å². The van der Waals surface area contributed by atoms with Gasteiger partial charge in [0.05, 0.1) is 0 Å². The summed E-state index contributed by atoms with van der Waals surface area (Å²) in [5.74, 6) is 3.28. The van der Waals surface area contributed by atoms with Crippen molar-refractivity contribution in [3.8, 4) is 0 Å². The van der Waals surface area contributed by atoms with E-state index in [2.05, 4.69) is 13.8 Å². The van der Waals surface area contributed by atoms with Crippen LogP contribution in [0.2, 0.25) is 0 Å². The van der Waals surface area contributed by atoms with Crippen molar-refractivity contribution in [1.82, 2.24) is 0 Å². The van der Waals surface area contributed by atoms with Crippen LogP contribution in [0.1, 0.15) is 78.1 Å². The summed E-state index contributed by atoms with van der Waals surface area (Å²) in [6.45, 7) is 5.04. The van der Waals surface area contributed by atoms with Gasteiger partial charge in [0.15, 0.2) is 0 Å². The molecule has 4 fully saturated rings. The Morgan fingerprint density at radius 3 is 2.60 bits per heavy atom. The largest absolute Gasteiger partial charge is 0.299 e. The molecule has 4 aliphatic rings. The number of rotatable bonds is 0. The minimum Gasteiger partial charge on any atom is -0.299 e. The first kappa shape index (κ1) is 13.3. The Kier molecular flexibility index (Phi) is 2.89. The van der Waals surface area contributed by atoms with Gasteiger partial charge in [-0.3, -0.25) is 4.79 Å². The van der Waals surface area contributed by atoms with E-state index in [1.807, 2.05) is 0 Å². The number of hydrogen-bond donors (Lipinski definition) is 0. The van der Waals surface area contributed by atoms with E-state index in [9.17, 15) is 4.79 Å². The van der Waals surface area contributed by atoms with Crippen molar-refractivity contribution in [2.45, 2.75) is 78.1 Å². The smallest absolute Gasteiger partial charge is 0.136 e. The maximum atomic E-state index is 12.9. The molecule has 6 atom stereocenters. The van der Waals surface area contributed by atoms with Gasteiger partial charge in [-0.25, -0.2) is 0 Å². The number of hydrogen-bond acceptors (Lipinski definition) is 1. The predicted molar refractivity (Wildman–Crippen MR) is 81.4 cm³/mol. The van der Waals surface area contributed by atoms with Crippen molar-refractivity contribution in [2.24, 2.45) is 34.5 Å². The molecule has 0 spiro atoms. The zero-order valence-corrected chi connectivity index (χ0v) is 13.3. The molecular formula is C19H30O. The Morgan fingerprint density at radius 1 is 0.900 bits per heavy atom. The predicted octanol–water partition coefficient (Wildman–Crippen LogP) is 4.99. The molecule has 0 aromatic rings. The van der Waals surface area contributed by atoms with Crippen LogP contribution in [0.3, 0.4) is 0 Å². The van der Waals surface area contributed by atoms with Crippen LogP contribution in [0.25, 0.3) is 0 Å². The average Bonchev–Trinajstić information content (AvgIpc) is 2.81. The minimum atomic E-state index is 0.440. The van der Waals surface area contributed by atoms with Crippen molar-refractivity contribution in [3.05, 3.63) is 0 Å². The molecule has 0 bridgehead atoms. The summed E-state index contributed by atoms with van der Waals surface area (Å²) in [6, 6.07) is 0. The van der Waals surface area contributed by atoms with Gasteiger partial charge in [-0.05, 0) is 67.1 Å². The van der Waals surface area contributed by atoms with Crippen LogP contribution in [0, 0.1) is 34.5 Å². The standard InChI is InChI=1S/C19H30O/c1-18-9-5-7-14(18)17-15(8-11-18)19(2)10-4-3-6-13(19)12-16(17)20/h13-15,17H,3-12H2,1-2H3/t13?,14-,15-,17-,18-,19-/m0/s1. The first-order valence-corrected chi connectivity index (χ1v) is 9.07. The zero-order valence-electron chi connectivity index (χ0n) is 13.3. The fraction of sp³-hybridized carbons (Fsp3) is 0.947. The number of carbonyl (C=O) groups excluding carboxylic acids is 1. The minimum absolute atomic E-state index is 0.440. The molecular weight excluding hydrogens is 244 g/mol. The molecule has 1 heteroatoms. The summed E-state index contributed by atoms with van der Waals surface area (Å²) in [5, 5.41) is 0. The van der Waals surface area contributed by atoms with E-state index in [1.165, 1.54) is 57.8 Å². The van der Waals surface area contributed by atoms with E-state index in [0.717, 1.165) is 24.2 Å². The van der Waals surface area contributed by atoms with Gasteiger partial charge >= 0.3 is 0 Å². The maximum absolute atomic E-state index is 12.9. The van der Waals surface area contributed by atoms with Gasteiger partial charge in [0, 0.05) is 12.3 Å². The normalized spacial score (nSPS) is 55.0. The summed E-state index contributed by atoms with van der Waals surface area (Å²) in [6.07, 6.45) is 13.3. The number of ketones is 1. The van der Waals surface area contributed by atoms with Gasteiger partial charge in [-0.1, -0.05) is 33.1 Å². The maximum Gasteiger partial charge on any atom is 0.136 e. The highest BCUT2D eigenvalue weighted by Crippen LogP contribution is 2.65. The molecule has 1 unspecified atom stereocenters. The van der Waals surface area contributed by atoms with Gasteiger partial charge < -0.3 is 0 Å². The van der Waals surface area contributed by atoms with E-state index in [-0.39, 0.29) is 0 Å². The lowest BCUT2D eigenvalue weighted by Gasteiger charge is -2.59. The Hall–Kier alpha value is -0.330. The quantitative estimate of drug-likeness (QED) is 0.608. The second kappa shape index (κ2) is 4.34. The Morgan fingerprint density at radius 2 is 1.75 bits per heavy atom. The zero-order chi connectivity index (χ0) is 14.0. The molecule has 0 radical (unpaired) electrons. The molecule has 112 valence electrons. The van der Waals surface area contributed by atoms with Crippen LogP contribution in [0.4, 0.5) is 0 Å². The van der Waals surface area contributed by atoms with E-state index in [4.69, 9.17) is 0 Å². The van der Waals surface area contributed by atoms with Crippen LogP contribution in [0.15, 0.2) is 0 Å². The first-order chi connectivity index (χ1) is 9.55. The van der Waals surface area contributed by atoms with Crippen molar-refractivity contribution >= 4 is 5.78 Å². The molecule has 0 saturated heterocycles. The van der Waals surface area contributed by atoms with Gasteiger partial charge in [-0.15, -0.1) is 0 Å². The fourth-order valence-electron chi connectivity index (χ4n) is 6.95. The molecule has 0 aliphatic heterocycles. The molecule has 0 aromatic heterocycles. The van der Waals surface area contributed by atoms with Crippen LogP contribution in [-0.2, 0) is 4.79 Å². The molecule has 20 heavy (non-hydrogen) atoms. The van der Waals surface area contributed by atoms with E-state index >= 15 is 0 Å². The van der Waals surface area contributed by atoms with Crippen LogP contribution >= 0.6 is 0 Å². The molecule has 4 saturated carbocycles. The lowest BCUT2D eigenvalue weighted by molar-refractivity contribution is -0.153. The second-order valence-corrected chi connectivity index (χ2v) is 8.94. The lowest BCUT2D eigenvalue weighted by atomic mass is 9.45. The summed E-state index contributed by atoms with van der Waals surface area (Å²) in [4.78, 5) is 12.9. The number of fused-ring (bicyclic) bond motifs is 5. The summed E-state index contributed by atoms with van der Waals surface area (Å²) in [5.41, 5.74) is 1.01. The Bertz CT molecular complexity index is 427.